The highest BCUT2D eigenvalue weighted by Gasteiger charge is 2.64. The van der Waals surface area contributed by atoms with E-state index in [9.17, 15) is 28.8 Å². The van der Waals surface area contributed by atoms with Crippen LogP contribution in [-0.4, -0.2) is 95.0 Å². The standard InChI is InChI=1S/C43H66N6O7/c1-8-20-44-37(54)34(52)29(21-26-12-13-26)45-36(53)33-27-14-17-43(18-19-43)28(27)24-49(33)38(55)35(42(7)15-10-9-11-16-42)47-39(56)46-30(40(2,3)4)25-48-31(50)22-41(5,6)23-32(48)51/h8,26-30,33,35H,1,9-25H2,2-7H3,(H,44,54)(H,45,53)(H2,46,47,56)/t27-,28-,29?,30+,33-,35+/m0/s1. The van der Waals surface area contributed by atoms with Crippen molar-refractivity contribution in [1.29, 1.82) is 0 Å². The molecule has 2 aliphatic heterocycles. The average Bonchev–Trinajstić information content (AvgIpc) is 4.03. The van der Waals surface area contributed by atoms with E-state index < -0.39 is 64.0 Å². The number of Topliss-reactive ketones (excluding diaryl/α,β-unsaturated/α-hetero) is 1. The number of amides is 7. The van der Waals surface area contributed by atoms with Crippen molar-refractivity contribution in [2.45, 2.75) is 156 Å². The van der Waals surface area contributed by atoms with Crippen molar-refractivity contribution in [1.82, 2.24) is 31.1 Å². The van der Waals surface area contributed by atoms with Crippen LogP contribution in [0.3, 0.4) is 0 Å². The lowest BCUT2D eigenvalue weighted by Gasteiger charge is -2.43. The Balaban J connectivity index is 1.25. The van der Waals surface area contributed by atoms with E-state index >= 15 is 4.79 Å². The number of piperidine rings is 1. The summed E-state index contributed by atoms with van der Waals surface area (Å²) in [7, 11) is 0. The number of hydrogen-bond donors (Lipinski definition) is 4. The second kappa shape index (κ2) is 15.9. The Kier molecular flexibility index (Phi) is 11.9. The zero-order valence-corrected chi connectivity index (χ0v) is 34.6. The van der Waals surface area contributed by atoms with E-state index in [-0.39, 0.29) is 66.8 Å². The van der Waals surface area contributed by atoms with Gasteiger partial charge in [0.15, 0.2) is 0 Å². The van der Waals surface area contributed by atoms with Crippen LogP contribution >= 0.6 is 0 Å². The third-order valence-electron chi connectivity index (χ3n) is 14.2. The Labute approximate surface area is 332 Å². The van der Waals surface area contributed by atoms with Crippen molar-refractivity contribution in [2.75, 3.05) is 19.6 Å². The highest BCUT2D eigenvalue weighted by molar-refractivity contribution is 6.38. The van der Waals surface area contributed by atoms with Gasteiger partial charge < -0.3 is 26.2 Å². The lowest BCUT2D eigenvalue weighted by molar-refractivity contribution is -0.153. The monoisotopic (exact) mass is 778 g/mol. The van der Waals surface area contributed by atoms with Crippen LogP contribution in [0.25, 0.3) is 0 Å². The van der Waals surface area contributed by atoms with E-state index in [0.29, 0.717) is 13.0 Å². The molecular weight excluding hydrogens is 713 g/mol. The van der Waals surface area contributed by atoms with Gasteiger partial charge in [-0.1, -0.05) is 79.7 Å². The fraction of sp³-hybridized carbons (Fsp3) is 0.791. The third-order valence-corrected chi connectivity index (χ3v) is 14.2. The molecule has 2 heterocycles. The summed E-state index contributed by atoms with van der Waals surface area (Å²) in [4.78, 5) is 99.4. The molecule has 2 saturated heterocycles. The van der Waals surface area contributed by atoms with E-state index in [4.69, 9.17) is 0 Å². The van der Waals surface area contributed by atoms with Gasteiger partial charge in [-0.3, -0.25) is 33.7 Å². The molecule has 6 atom stereocenters. The topological polar surface area (TPSA) is 174 Å². The maximum Gasteiger partial charge on any atom is 0.315 e. The Morgan fingerprint density at radius 2 is 1.52 bits per heavy atom. The van der Waals surface area contributed by atoms with Crippen LogP contribution in [-0.2, 0) is 28.8 Å². The van der Waals surface area contributed by atoms with Crippen LogP contribution in [0.4, 0.5) is 4.79 Å². The van der Waals surface area contributed by atoms with E-state index in [1.165, 1.54) is 11.0 Å². The minimum Gasteiger partial charge on any atom is -0.346 e. The van der Waals surface area contributed by atoms with Crippen molar-refractivity contribution in [2.24, 2.45) is 39.4 Å². The van der Waals surface area contributed by atoms with E-state index in [0.717, 1.165) is 70.6 Å². The van der Waals surface area contributed by atoms with E-state index in [2.05, 4.69) is 27.8 Å². The maximum absolute atomic E-state index is 15.2. The predicted octanol–water partition coefficient (Wildman–Crippen LogP) is 4.39. The first-order valence-electron chi connectivity index (χ1n) is 21.2. The largest absolute Gasteiger partial charge is 0.346 e. The van der Waals surface area contributed by atoms with Crippen molar-refractivity contribution in [3.63, 3.8) is 0 Å². The van der Waals surface area contributed by atoms with Gasteiger partial charge in [-0.15, -0.1) is 6.58 Å². The molecule has 0 bridgehead atoms. The number of carbonyl (C=O) groups is 7. The Morgan fingerprint density at radius 1 is 0.875 bits per heavy atom. The number of nitrogens with one attached hydrogen (secondary N) is 4. The van der Waals surface area contributed by atoms with Crippen LogP contribution < -0.4 is 21.3 Å². The van der Waals surface area contributed by atoms with Gasteiger partial charge in [-0.05, 0) is 84.4 Å². The molecule has 4 aliphatic carbocycles. The molecule has 7 amide bonds. The second-order valence-electron chi connectivity index (χ2n) is 20.3. The molecule has 4 saturated carbocycles. The Bertz CT molecular complexity index is 1580. The number of imide groups is 1. The smallest absolute Gasteiger partial charge is 0.315 e. The Hall–Kier alpha value is -3.77. The van der Waals surface area contributed by atoms with Crippen molar-refractivity contribution < 1.29 is 33.6 Å². The number of rotatable bonds is 14. The number of urea groups is 1. The quantitative estimate of drug-likeness (QED) is 0.115. The zero-order chi connectivity index (χ0) is 40.8. The molecule has 6 aliphatic rings. The minimum absolute atomic E-state index is 0.0206. The Morgan fingerprint density at radius 3 is 2.09 bits per heavy atom. The van der Waals surface area contributed by atoms with Gasteiger partial charge in [0.25, 0.3) is 5.91 Å². The van der Waals surface area contributed by atoms with Crippen molar-refractivity contribution >= 4 is 41.4 Å². The predicted molar refractivity (Wildman–Crippen MR) is 210 cm³/mol. The van der Waals surface area contributed by atoms with Gasteiger partial charge in [0.2, 0.25) is 29.4 Å². The molecule has 1 spiro atoms. The van der Waals surface area contributed by atoms with Crippen molar-refractivity contribution in [3.05, 3.63) is 12.7 Å². The summed E-state index contributed by atoms with van der Waals surface area (Å²) in [5, 5.41) is 11.7. The van der Waals surface area contributed by atoms with E-state index in [1.54, 1.807) is 4.90 Å². The molecule has 1 unspecified atom stereocenters. The van der Waals surface area contributed by atoms with E-state index in [1.807, 2.05) is 41.5 Å². The molecule has 0 aromatic rings. The molecule has 4 N–H and O–H groups in total. The number of carbonyl (C=O) groups excluding carboxylic acids is 7. The first kappa shape index (κ1) is 41.9. The van der Waals surface area contributed by atoms with Crippen LogP contribution in [0, 0.1) is 39.4 Å². The molecule has 56 heavy (non-hydrogen) atoms. The lowest BCUT2D eigenvalue weighted by atomic mass is 9.70. The first-order chi connectivity index (χ1) is 26.3. The fourth-order valence-corrected chi connectivity index (χ4v) is 10.3. The van der Waals surface area contributed by atoms with Gasteiger partial charge >= 0.3 is 6.03 Å². The van der Waals surface area contributed by atoms with Crippen molar-refractivity contribution in [3.8, 4) is 0 Å². The molecule has 13 heteroatoms. The summed E-state index contributed by atoms with van der Waals surface area (Å²) in [6.07, 6.45) is 12.4. The number of fused-ring (bicyclic) bond motifs is 2. The summed E-state index contributed by atoms with van der Waals surface area (Å²) in [6, 6.07) is -3.94. The second-order valence-corrected chi connectivity index (χ2v) is 20.3. The number of likely N-dealkylation sites (tertiary alicyclic amines) is 2. The molecule has 0 radical (unpaired) electrons. The fourth-order valence-electron chi connectivity index (χ4n) is 10.3. The minimum atomic E-state index is -0.998. The van der Waals surface area contributed by atoms with Crippen LogP contribution in [0.2, 0.25) is 0 Å². The average molecular weight is 779 g/mol. The van der Waals surface area contributed by atoms with Gasteiger partial charge in [0.1, 0.15) is 12.1 Å². The molecule has 0 aromatic carbocycles. The lowest BCUT2D eigenvalue weighted by Crippen LogP contribution is -2.63. The summed E-state index contributed by atoms with van der Waals surface area (Å²) in [6.45, 7) is 15.8. The summed E-state index contributed by atoms with van der Waals surface area (Å²) >= 11 is 0. The number of hydrogen-bond acceptors (Lipinski definition) is 7. The molecule has 6 fully saturated rings. The molecule has 6 rings (SSSR count). The van der Waals surface area contributed by atoms with Gasteiger partial charge in [0.05, 0.1) is 12.1 Å². The van der Waals surface area contributed by atoms with Gasteiger partial charge in [-0.25, -0.2) is 4.79 Å². The summed E-state index contributed by atoms with van der Waals surface area (Å²) in [5.41, 5.74) is -1.44. The van der Waals surface area contributed by atoms with Crippen LogP contribution in [0.5, 0.6) is 0 Å². The highest BCUT2D eigenvalue weighted by Crippen LogP contribution is 2.66. The molecule has 310 valence electrons. The maximum atomic E-state index is 15.2. The molecule has 0 aromatic heterocycles. The molecule has 13 nitrogen and oxygen atoms in total. The highest BCUT2D eigenvalue weighted by atomic mass is 16.2. The van der Waals surface area contributed by atoms with Crippen LogP contribution in [0.15, 0.2) is 12.7 Å². The third kappa shape index (κ3) is 9.01. The summed E-state index contributed by atoms with van der Waals surface area (Å²) < 4.78 is 0. The van der Waals surface area contributed by atoms with Crippen LogP contribution in [0.1, 0.15) is 131 Å². The SMILES string of the molecule is C=CCNC(=O)C(=O)C(CC1CC1)NC(=O)[C@@H]1[C@H]2CCC3(CC3)[C@H]2CN1C(=O)[C@@H](NC(=O)N[C@H](CN1C(=O)CC(C)(C)CC1=O)C(C)(C)C)C1(C)CCCCC1. The normalized spacial score (nSPS) is 27.8. The zero-order valence-electron chi connectivity index (χ0n) is 34.6. The number of nitrogens with zero attached hydrogens (tertiary/aromatic N) is 2. The first-order valence-corrected chi connectivity index (χ1v) is 21.2. The van der Waals surface area contributed by atoms with Gasteiger partial charge in [-0.2, -0.15) is 0 Å². The number of ketones is 1. The summed E-state index contributed by atoms with van der Waals surface area (Å²) in [5.74, 6) is -2.40. The van der Waals surface area contributed by atoms with Gasteiger partial charge in [0, 0.05) is 32.5 Å². The molecular formula is C43H66N6O7.